The first-order valence-corrected chi connectivity index (χ1v) is 7.60. The Morgan fingerprint density at radius 3 is 2.71 bits per heavy atom. The van der Waals surface area contributed by atoms with Crippen LogP contribution in [0.5, 0.6) is 5.75 Å². The van der Waals surface area contributed by atoms with Crippen LogP contribution in [-0.4, -0.2) is 17.5 Å². The van der Waals surface area contributed by atoms with Gasteiger partial charge in [0, 0.05) is 19.4 Å². The Morgan fingerprint density at radius 2 is 2.10 bits per heavy atom. The lowest BCUT2D eigenvalue weighted by atomic mass is 9.94. The topological polar surface area (TPSA) is 38.7 Å². The molecule has 0 bridgehead atoms. The third-order valence-electron chi connectivity index (χ3n) is 3.75. The number of para-hydroxylation sites is 1. The normalized spacial score (nSPS) is 21.1. The van der Waals surface area contributed by atoms with Crippen LogP contribution in [0.1, 0.15) is 64.2 Å². The number of hydrogen-bond acceptors (Lipinski definition) is 3. The van der Waals surface area contributed by atoms with Gasteiger partial charge in [-0.15, -0.1) is 0 Å². The molecule has 2 rings (SSSR count). The second kappa shape index (κ2) is 6.20. The maximum Gasteiger partial charge on any atom is 0.205 e. The van der Waals surface area contributed by atoms with Crippen molar-refractivity contribution in [3.05, 3.63) is 41.0 Å². The molecule has 1 unspecified atom stereocenters. The minimum absolute atomic E-state index is 0.0380. The number of rotatable bonds is 4. The minimum Gasteiger partial charge on any atom is -0.462 e. The van der Waals surface area contributed by atoms with Crippen molar-refractivity contribution in [1.82, 2.24) is 0 Å². The van der Waals surface area contributed by atoms with Gasteiger partial charge < -0.3 is 14.6 Å². The third kappa shape index (κ3) is 3.66. The fourth-order valence-electron chi connectivity index (χ4n) is 2.62. The lowest BCUT2D eigenvalue weighted by Crippen LogP contribution is -2.38. The second-order valence-electron chi connectivity index (χ2n) is 6.47. The number of aliphatic hydroxyl groups excluding tert-OH is 1. The molecule has 1 aromatic rings. The molecule has 0 radical (unpaired) electrons. The van der Waals surface area contributed by atoms with Crippen molar-refractivity contribution >= 4 is 0 Å². The molecular formula is C18H26O3. The highest BCUT2D eigenvalue weighted by molar-refractivity contribution is 5.46. The first-order valence-electron chi connectivity index (χ1n) is 7.60. The van der Waals surface area contributed by atoms with E-state index < -0.39 is 5.79 Å². The number of benzene rings is 1. The zero-order chi connectivity index (χ0) is 15.6. The fourth-order valence-corrected chi connectivity index (χ4v) is 2.62. The Hall–Kier alpha value is -1.32. The molecular weight excluding hydrogens is 264 g/mol. The van der Waals surface area contributed by atoms with Crippen LogP contribution < -0.4 is 4.74 Å². The Labute approximate surface area is 127 Å². The smallest absolute Gasteiger partial charge is 0.205 e. The Balaban J connectivity index is 2.40. The molecule has 0 fully saturated rings. The average Bonchev–Trinajstić information content (AvgIpc) is 2.42. The predicted octanol–water partition coefficient (Wildman–Crippen LogP) is 4.32. The standard InChI is InChI=1S/C18H26O3/c1-12(2)14-7-6-8-15-16(10-9-13(3)11-19)20-18(4,5)21-17(14)15/h6-9,12,16,19H,10-11H2,1-5H3/b13-9+. The summed E-state index contributed by atoms with van der Waals surface area (Å²) in [7, 11) is 0. The highest BCUT2D eigenvalue weighted by Crippen LogP contribution is 2.44. The van der Waals surface area contributed by atoms with Crippen LogP contribution in [0.3, 0.4) is 0 Å². The molecule has 1 aliphatic heterocycles. The summed E-state index contributed by atoms with van der Waals surface area (Å²) in [4.78, 5) is 0. The van der Waals surface area contributed by atoms with Crippen molar-refractivity contribution in [3.63, 3.8) is 0 Å². The SMILES string of the molecule is C/C(=C\CC1OC(C)(C)Oc2c(C(C)C)cccc21)CO. The van der Waals surface area contributed by atoms with Gasteiger partial charge in [-0.25, -0.2) is 0 Å². The second-order valence-corrected chi connectivity index (χ2v) is 6.47. The monoisotopic (exact) mass is 290 g/mol. The molecule has 1 atom stereocenters. The third-order valence-corrected chi connectivity index (χ3v) is 3.75. The van der Waals surface area contributed by atoms with Gasteiger partial charge in [-0.2, -0.15) is 0 Å². The van der Waals surface area contributed by atoms with Crippen LogP contribution in [0.2, 0.25) is 0 Å². The van der Waals surface area contributed by atoms with Gasteiger partial charge in [0.15, 0.2) is 0 Å². The molecule has 0 aromatic heterocycles. The van der Waals surface area contributed by atoms with Crippen molar-refractivity contribution < 1.29 is 14.6 Å². The van der Waals surface area contributed by atoms with Gasteiger partial charge in [0.2, 0.25) is 5.79 Å². The number of aliphatic hydroxyl groups is 1. The quantitative estimate of drug-likeness (QED) is 0.839. The first-order chi connectivity index (χ1) is 9.84. The molecule has 0 spiro atoms. The zero-order valence-electron chi connectivity index (χ0n) is 13.6. The molecule has 3 nitrogen and oxygen atoms in total. The fraction of sp³-hybridized carbons (Fsp3) is 0.556. The maximum absolute atomic E-state index is 9.15. The van der Waals surface area contributed by atoms with Gasteiger partial charge in [-0.1, -0.05) is 43.7 Å². The van der Waals surface area contributed by atoms with Crippen molar-refractivity contribution in [2.75, 3.05) is 6.61 Å². The van der Waals surface area contributed by atoms with Gasteiger partial charge in [-0.05, 0) is 24.8 Å². The number of fused-ring (bicyclic) bond motifs is 1. The number of hydrogen-bond donors (Lipinski definition) is 1. The summed E-state index contributed by atoms with van der Waals surface area (Å²) >= 11 is 0. The van der Waals surface area contributed by atoms with Crippen molar-refractivity contribution in [2.24, 2.45) is 0 Å². The molecule has 0 amide bonds. The Kier molecular flexibility index (Phi) is 4.74. The highest BCUT2D eigenvalue weighted by Gasteiger charge is 2.35. The summed E-state index contributed by atoms with van der Waals surface area (Å²) in [5.74, 6) is 0.733. The largest absolute Gasteiger partial charge is 0.462 e. The Morgan fingerprint density at radius 1 is 1.38 bits per heavy atom. The zero-order valence-corrected chi connectivity index (χ0v) is 13.6. The summed E-state index contributed by atoms with van der Waals surface area (Å²) in [5.41, 5.74) is 3.28. The van der Waals surface area contributed by atoms with E-state index in [9.17, 15) is 0 Å². The van der Waals surface area contributed by atoms with Crippen LogP contribution in [-0.2, 0) is 4.74 Å². The van der Waals surface area contributed by atoms with E-state index in [1.165, 1.54) is 5.56 Å². The van der Waals surface area contributed by atoms with Gasteiger partial charge in [0.1, 0.15) is 5.75 Å². The highest BCUT2D eigenvalue weighted by atomic mass is 16.7. The molecule has 0 saturated heterocycles. The molecule has 3 heteroatoms. The summed E-state index contributed by atoms with van der Waals surface area (Å²) in [6.45, 7) is 10.3. The van der Waals surface area contributed by atoms with Crippen LogP contribution in [0.4, 0.5) is 0 Å². The summed E-state index contributed by atoms with van der Waals surface area (Å²) in [6.07, 6.45) is 2.75. The molecule has 1 aromatic carbocycles. The van der Waals surface area contributed by atoms with Crippen molar-refractivity contribution in [1.29, 1.82) is 0 Å². The molecule has 0 saturated carbocycles. The summed E-state index contributed by atoms with van der Waals surface area (Å²) < 4.78 is 12.2. The van der Waals surface area contributed by atoms with Crippen molar-refractivity contribution in [3.8, 4) is 5.75 Å². The minimum atomic E-state index is -0.635. The van der Waals surface area contributed by atoms with E-state index in [1.807, 2.05) is 26.8 Å². The van der Waals surface area contributed by atoms with Gasteiger partial charge in [0.25, 0.3) is 0 Å². The van der Waals surface area contributed by atoms with Gasteiger partial charge >= 0.3 is 0 Å². The van der Waals surface area contributed by atoms with E-state index in [4.69, 9.17) is 14.6 Å². The van der Waals surface area contributed by atoms with Crippen LogP contribution in [0, 0.1) is 0 Å². The van der Waals surface area contributed by atoms with Gasteiger partial charge in [-0.3, -0.25) is 0 Å². The predicted molar refractivity (Wildman–Crippen MR) is 84.5 cm³/mol. The lowest BCUT2D eigenvalue weighted by molar-refractivity contribution is -0.206. The van der Waals surface area contributed by atoms with E-state index in [-0.39, 0.29) is 12.7 Å². The molecule has 116 valence electrons. The summed E-state index contributed by atoms with van der Waals surface area (Å²) in [6, 6.07) is 6.26. The lowest BCUT2D eigenvalue weighted by Gasteiger charge is -2.39. The molecule has 0 aliphatic carbocycles. The molecule has 1 N–H and O–H groups in total. The number of ether oxygens (including phenoxy) is 2. The van der Waals surface area contributed by atoms with Gasteiger partial charge in [0.05, 0.1) is 12.7 Å². The molecule has 21 heavy (non-hydrogen) atoms. The first kappa shape index (κ1) is 16.1. The van der Waals surface area contributed by atoms with E-state index in [1.54, 1.807) is 0 Å². The molecule has 1 heterocycles. The van der Waals surface area contributed by atoms with Crippen LogP contribution >= 0.6 is 0 Å². The van der Waals surface area contributed by atoms with Crippen LogP contribution in [0.25, 0.3) is 0 Å². The maximum atomic E-state index is 9.15. The molecule has 1 aliphatic rings. The van der Waals surface area contributed by atoms with E-state index in [0.29, 0.717) is 5.92 Å². The van der Waals surface area contributed by atoms with Crippen LogP contribution in [0.15, 0.2) is 29.8 Å². The van der Waals surface area contributed by atoms with E-state index in [0.717, 1.165) is 23.3 Å². The van der Waals surface area contributed by atoms with E-state index in [2.05, 4.69) is 32.0 Å². The van der Waals surface area contributed by atoms with Crippen molar-refractivity contribution in [2.45, 2.75) is 58.8 Å². The Bertz CT molecular complexity index is 529. The summed E-state index contributed by atoms with van der Waals surface area (Å²) in [5, 5.41) is 9.15. The van der Waals surface area contributed by atoms with E-state index >= 15 is 0 Å². The average molecular weight is 290 g/mol.